The van der Waals surface area contributed by atoms with Crippen LogP contribution in [0.15, 0.2) is 79.1 Å². The molecule has 0 saturated carbocycles. The molecule has 10 nitrogen and oxygen atoms in total. The van der Waals surface area contributed by atoms with Crippen LogP contribution < -0.4 is 15.4 Å². The number of carbonyl (C=O) groups excluding carboxylic acids is 3. The number of nitrogens with one attached hydrogen (secondary N) is 2. The Morgan fingerprint density at radius 1 is 0.857 bits per heavy atom. The fourth-order valence-electron chi connectivity index (χ4n) is 5.79. The summed E-state index contributed by atoms with van der Waals surface area (Å²) in [5.41, 5.74) is 2.38. The second-order valence-electron chi connectivity index (χ2n) is 15.0. The van der Waals surface area contributed by atoms with Gasteiger partial charge >= 0.3 is 6.03 Å². The zero-order valence-corrected chi connectivity index (χ0v) is 29.5. The van der Waals surface area contributed by atoms with Crippen LogP contribution >= 0.6 is 0 Å². The fourth-order valence-corrected chi connectivity index (χ4v) is 5.79. The fraction of sp³-hybridized carbons (Fsp3) is 0.410. The number of carbonyl (C=O) groups is 3. The van der Waals surface area contributed by atoms with E-state index in [-0.39, 0.29) is 22.5 Å². The van der Waals surface area contributed by atoms with Gasteiger partial charge in [0.15, 0.2) is 5.78 Å². The molecule has 1 aliphatic heterocycles. The number of likely N-dealkylation sites (tertiary alicyclic amines) is 1. The van der Waals surface area contributed by atoms with Gasteiger partial charge in [0, 0.05) is 61.1 Å². The van der Waals surface area contributed by atoms with Crippen molar-refractivity contribution >= 4 is 29.2 Å². The summed E-state index contributed by atoms with van der Waals surface area (Å²) in [7, 11) is 0. The number of urea groups is 1. The topological polar surface area (TPSA) is 118 Å². The molecule has 2 aromatic heterocycles. The van der Waals surface area contributed by atoms with E-state index in [2.05, 4.69) is 57.2 Å². The molecule has 4 aromatic rings. The van der Waals surface area contributed by atoms with Gasteiger partial charge in [0.1, 0.15) is 17.3 Å². The molecule has 0 spiro atoms. The lowest BCUT2D eigenvalue weighted by Gasteiger charge is -2.33. The number of hydrogen-bond acceptors (Lipinski definition) is 6. The molecule has 1 fully saturated rings. The van der Waals surface area contributed by atoms with Crippen LogP contribution in [0.1, 0.15) is 89.7 Å². The van der Waals surface area contributed by atoms with Crippen LogP contribution in [0.4, 0.5) is 16.3 Å². The van der Waals surface area contributed by atoms with Crippen molar-refractivity contribution < 1.29 is 19.1 Å². The maximum Gasteiger partial charge on any atom is 0.324 e. The van der Waals surface area contributed by atoms with Crippen molar-refractivity contribution in [3.05, 3.63) is 90.4 Å². The summed E-state index contributed by atoms with van der Waals surface area (Å²) < 4.78 is 7.49. The van der Waals surface area contributed by atoms with Gasteiger partial charge in [-0.05, 0) is 79.1 Å². The Bertz CT molecular complexity index is 1740. The van der Waals surface area contributed by atoms with Crippen molar-refractivity contribution in [2.75, 3.05) is 23.7 Å². The van der Waals surface area contributed by atoms with E-state index in [9.17, 15) is 14.4 Å². The predicted molar refractivity (Wildman–Crippen MR) is 193 cm³/mol. The molecule has 3 amide bonds. The number of amides is 3. The minimum atomic E-state index is -0.428. The minimum Gasteiger partial charge on any atom is -0.457 e. The van der Waals surface area contributed by atoms with Crippen LogP contribution in [0.5, 0.6) is 11.5 Å². The Balaban J connectivity index is 1.21. The minimum absolute atomic E-state index is 0.0205. The zero-order valence-electron chi connectivity index (χ0n) is 29.5. The Morgan fingerprint density at radius 3 is 2.18 bits per heavy atom. The Morgan fingerprint density at radius 2 is 1.53 bits per heavy atom. The Labute approximate surface area is 289 Å². The zero-order chi connectivity index (χ0) is 35.2. The summed E-state index contributed by atoms with van der Waals surface area (Å²) in [6.45, 7) is 14.0. The molecule has 49 heavy (non-hydrogen) atoms. The lowest BCUT2D eigenvalue weighted by molar-refractivity contribution is -0.134. The first kappa shape index (κ1) is 35.3. The van der Waals surface area contributed by atoms with Crippen molar-refractivity contribution in [2.24, 2.45) is 11.3 Å². The molecule has 0 radical (unpaired) electrons. The first-order valence-electron chi connectivity index (χ1n) is 17.0. The summed E-state index contributed by atoms with van der Waals surface area (Å²) in [6, 6.07) is 19.4. The number of anilines is 2. The Kier molecular flexibility index (Phi) is 10.9. The van der Waals surface area contributed by atoms with Crippen LogP contribution in [-0.4, -0.2) is 50.5 Å². The highest BCUT2D eigenvalue weighted by molar-refractivity contribution is 5.99. The van der Waals surface area contributed by atoms with Crippen molar-refractivity contribution in [3.63, 3.8) is 0 Å². The van der Waals surface area contributed by atoms with Crippen LogP contribution in [-0.2, 0) is 10.2 Å². The third kappa shape index (κ3) is 10.0. The number of rotatable bonds is 10. The standard InChI is InChI=1S/C39H48N6O4/c1-38(2,3)26-36(47)44-22-18-27(19-23-44)10-15-33(46)28-8-7-9-30(24-28)45-35(25-34(43-45)39(4,5)6)42-37(48)41-29-11-13-31(14-12-29)49-32-16-20-40-21-17-32/h7-9,11-14,16-17,20-21,24-25,27H,10,15,18-19,22-23,26H2,1-6H3,(H2,41,42,48). The van der Waals surface area contributed by atoms with E-state index >= 15 is 0 Å². The highest BCUT2D eigenvalue weighted by atomic mass is 16.5. The van der Waals surface area contributed by atoms with Gasteiger partial charge in [0.05, 0.1) is 11.4 Å². The number of ether oxygens (including phenoxy) is 1. The molecule has 3 heterocycles. The molecule has 0 atom stereocenters. The highest BCUT2D eigenvalue weighted by Gasteiger charge is 2.27. The molecule has 5 rings (SSSR count). The molecule has 10 heteroatoms. The number of aromatic nitrogens is 3. The molecule has 2 aromatic carbocycles. The van der Waals surface area contributed by atoms with Gasteiger partial charge in [0.2, 0.25) is 5.91 Å². The van der Waals surface area contributed by atoms with Gasteiger partial charge in [-0.1, -0.05) is 53.7 Å². The van der Waals surface area contributed by atoms with E-state index in [1.165, 1.54) is 0 Å². The van der Waals surface area contributed by atoms with Crippen molar-refractivity contribution in [3.8, 4) is 17.2 Å². The van der Waals surface area contributed by atoms with Crippen molar-refractivity contribution in [2.45, 2.75) is 79.1 Å². The summed E-state index contributed by atoms with van der Waals surface area (Å²) >= 11 is 0. The number of Topliss-reactive ketones (excluding diaryl/α,β-unsaturated/α-hetero) is 1. The molecular formula is C39H48N6O4. The van der Waals surface area contributed by atoms with E-state index in [0.717, 1.165) is 38.0 Å². The number of benzene rings is 2. The third-order valence-electron chi connectivity index (χ3n) is 8.56. The molecule has 0 bridgehead atoms. The largest absolute Gasteiger partial charge is 0.457 e. The molecule has 2 N–H and O–H groups in total. The Hall–Kier alpha value is -4.99. The molecule has 0 aliphatic carbocycles. The highest BCUT2D eigenvalue weighted by Crippen LogP contribution is 2.29. The van der Waals surface area contributed by atoms with Gasteiger partial charge < -0.3 is 15.0 Å². The summed E-state index contributed by atoms with van der Waals surface area (Å²) in [5, 5.41) is 10.7. The lowest BCUT2D eigenvalue weighted by Crippen LogP contribution is -2.40. The molecule has 258 valence electrons. The molecular weight excluding hydrogens is 616 g/mol. The number of nitrogens with zero attached hydrogens (tertiary/aromatic N) is 4. The van der Waals surface area contributed by atoms with E-state index < -0.39 is 6.03 Å². The lowest BCUT2D eigenvalue weighted by atomic mass is 9.88. The first-order chi connectivity index (χ1) is 23.2. The second kappa shape index (κ2) is 15.1. The number of piperidine rings is 1. The molecule has 1 aliphatic rings. The van der Waals surface area contributed by atoms with Gasteiger partial charge in [-0.15, -0.1) is 0 Å². The van der Waals surface area contributed by atoms with Crippen molar-refractivity contribution in [1.29, 1.82) is 0 Å². The van der Waals surface area contributed by atoms with Gasteiger partial charge in [-0.2, -0.15) is 5.10 Å². The molecule has 0 unspecified atom stereocenters. The van der Waals surface area contributed by atoms with Gasteiger partial charge in [-0.3, -0.25) is 19.9 Å². The van der Waals surface area contributed by atoms with E-state index in [1.54, 1.807) is 53.5 Å². The van der Waals surface area contributed by atoms with Crippen molar-refractivity contribution in [1.82, 2.24) is 19.7 Å². The van der Waals surface area contributed by atoms with Crippen LogP contribution in [0.2, 0.25) is 0 Å². The monoisotopic (exact) mass is 664 g/mol. The molecule has 1 saturated heterocycles. The SMILES string of the molecule is CC(C)(C)CC(=O)N1CCC(CCC(=O)c2cccc(-n3nc(C(C)(C)C)cc3NC(=O)Nc3ccc(Oc4ccncc4)cc3)c2)CC1. The van der Waals surface area contributed by atoms with E-state index in [1.807, 2.05) is 35.2 Å². The first-order valence-corrected chi connectivity index (χ1v) is 17.0. The number of ketones is 1. The third-order valence-corrected chi connectivity index (χ3v) is 8.56. The van der Waals surface area contributed by atoms with Gasteiger partial charge in [0.25, 0.3) is 0 Å². The second-order valence-corrected chi connectivity index (χ2v) is 15.0. The normalized spacial score (nSPS) is 14.0. The van der Waals surface area contributed by atoms with Gasteiger partial charge in [-0.25, -0.2) is 9.48 Å². The van der Waals surface area contributed by atoms with E-state index in [0.29, 0.717) is 53.0 Å². The summed E-state index contributed by atoms with van der Waals surface area (Å²) in [4.78, 5) is 45.1. The van der Waals surface area contributed by atoms with E-state index in [4.69, 9.17) is 9.84 Å². The van der Waals surface area contributed by atoms with Crippen LogP contribution in [0, 0.1) is 11.3 Å². The maximum absolute atomic E-state index is 13.4. The average Bonchev–Trinajstić information content (AvgIpc) is 3.49. The summed E-state index contributed by atoms with van der Waals surface area (Å²) in [6.07, 6.45) is 6.95. The van der Waals surface area contributed by atoms with Crippen LogP contribution in [0.25, 0.3) is 5.69 Å². The average molecular weight is 665 g/mol. The maximum atomic E-state index is 13.4. The van der Waals surface area contributed by atoms with Crippen LogP contribution in [0.3, 0.4) is 0 Å². The smallest absolute Gasteiger partial charge is 0.324 e. The quantitative estimate of drug-likeness (QED) is 0.164. The predicted octanol–water partition coefficient (Wildman–Crippen LogP) is 8.64. The number of pyridine rings is 1. The summed E-state index contributed by atoms with van der Waals surface area (Å²) in [5.74, 6) is 2.50. The number of hydrogen-bond donors (Lipinski definition) is 2.